The van der Waals surface area contributed by atoms with Crippen LogP contribution in [0.5, 0.6) is 5.75 Å². The molecule has 1 amide bonds. The predicted octanol–water partition coefficient (Wildman–Crippen LogP) is 2.79. The van der Waals surface area contributed by atoms with E-state index < -0.39 is 17.7 Å². The average molecular weight is 320 g/mol. The summed E-state index contributed by atoms with van der Waals surface area (Å²) in [6, 6.07) is 9.25. The summed E-state index contributed by atoms with van der Waals surface area (Å²) in [4.78, 5) is 12.2. The number of ether oxygens (including phenoxy) is 1. The number of halogens is 2. The van der Waals surface area contributed by atoms with Crippen LogP contribution in [0.2, 0.25) is 0 Å². The fourth-order valence-corrected chi connectivity index (χ4v) is 2.09. The number of carbonyl (C=O) groups is 1. The lowest BCUT2D eigenvalue weighted by atomic mass is 10.1. The second-order valence-electron chi connectivity index (χ2n) is 5.06. The number of nitrogens with two attached hydrogens (primary N) is 1. The summed E-state index contributed by atoms with van der Waals surface area (Å²) in [7, 11) is 0. The van der Waals surface area contributed by atoms with Crippen LogP contribution in [0, 0.1) is 11.6 Å². The Morgan fingerprint density at radius 3 is 2.57 bits per heavy atom. The molecule has 0 radical (unpaired) electrons. The average Bonchev–Trinajstić information content (AvgIpc) is 2.52. The molecule has 23 heavy (non-hydrogen) atoms. The summed E-state index contributed by atoms with van der Waals surface area (Å²) < 4.78 is 31.8. The number of hydrogen-bond acceptors (Lipinski definition) is 3. The van der Waals surface area contributed by atoms with Gasteiger partial charge in [-0.1, -0.05) is 6.07 Å². The van der Waals surface area contributed by atoms with Crippen LogP contribution in [0.1, 0.15) is 28.9 Å². The van der Waals surface area contributed by atoms with Crippen molar-refractivity contribution in [1.82, 2.24) is 5.32 Å². The second kappa shape index (κ2) is 7.69. The third kappa shape index (κ3) is 4.75. The first-order valence-electron chi connectivity index (χ1n) is 7.19. The first-order chi connectivity index (χ1) is 11.0. The molecule has 6 heteroatoms. The van der Waals surface area contributed by atoms with Crippen molar-refractivity contribution >= 4 is 5.91 Å². The molecule has 2 rings (SSSR count). The van der Waals surface area contributed by atoms with Crippen molar-refractivity contribution in [2.75, 3.05) is 13.2 Å². The molecule has 0 aromatic heterocycles. The van der Waals surface area contributed by atoms with Gasteiger partial charge in [-0.25, -0.2) is 8.78 Å². The molecule has 1 unspecified atom stereocenters. The van der Waals surface area contributed by atoms with Crippen molar-refractivity contribution in [3.8, 4) is 5.75 Å². The first-order valence-corrected chi connectivity index (χ1v) is 7.19. The number of carbonyl (C=O) groups excluding carboxylic acids is 1. The predicted molar refractivity (Wildman–Crippen MR) is 83.2 cm³/mol. The van der Waals surface area contributed by atoms with Crippen LogP contribution >= 0.6 is 0 Å². The third-order valence-electron chi connectivity index (χ3n) is 3.22. The molecule has 0 heterocycles. The summed E-state index contributed by atoms with van der Waals surface area (Å²) in [6.45, 7) is 2.38. The van der Waals surface area contributed by atoms with Crippen LogP contribution in [0.15, 0.2) is 42.5 Å². The van der Waals surface area contributed by atoms with E-state index in [1.165, 1.54) is 12.1 Å². The minimum Gasteiger partial charge on any atom is -0.492 e. The number of benzene rings is 2. The van der Waals surface area contributed by atoms with Crippen molar-refractivity contribution in [2.24, 2.45) is 5.73 Å². The Bertz CT molecular complexity index is 672. The molecule has 0 aliphatic carbocycles. The Balaban J connectivity index is 2.08. The Labute approximate surface area is 133 Å². The van der Waals surface area contributed by atoms with Gasteiger partial charge in [-0.3, -0.25) is 4.79 Å². The van der Waals surface area contributed by atoms with Gasteiger partial charge in [-0.05, 0) is 42.8 Å². The Hall–Kier alpha value is -2.47. The molecule has 3 N–H and O–H groups in total. The van der Waals surface area contributed by atoms with Gasteiger partial charge in [0.2, 0.25) is 0 Å². The summed E-state index contributed by atoms with van der Waals surface area (Å²) in [5.74, 6) is -1.19. The van der Waals surface area contributed by atoms with Gasteiger partial charge < -0.3 is 15.8 Å². The lowest BCUT2D eigenvalue weighted by Gasteiger charge is -2.15. The topological polar surface area (TPSA) is 64.3 Å². The van der Waals surface area contributed by atoms with E-state index in [0.29, 0.717) is 30.0 Å². The number of hydrogen-bond donors (Lipinski definition) is 2. The molecule has 0 bridgehead atoms. The van der Waals surface area contributed by atoms with E-state index in [9.17, 15) is 13.6 Å². The van der Waals surface area contributed by atoms with Gasteiger partial charge in [-0.2, -0.15) is 0 Å². The highest BCUT2D eigenvalue weighted by Crippen LogP contribution is 2.18. The number of nitrogens with one attached hydrogen (secondary N) is 1. The highest BCUT2D eigenvalue weighted by Gasteiger charge is 2.13. The van der Waals surface area contributed by atoms with E-state index in [2.05, 4.69) is 5.32 Å². The molecule has 0 fully saturated rings. The monoisotopic (exact) mass is 320 g/mol. The van der Waals surface area contributed by atoms with Gasteiger partial charge in [0.15, 0.2) is 0 Å². The summed E-state index contributed by atoms with van der Waals surface area (Å²) >= 11 is 0. The zero-order valence-electron chi connectivity index (χ0n) is 12.7. The molecule has 0 aliphatic rings. The van der Waals surface area contributed by atoms with E-state index in [1.54, 1.807) is 31.2 Å². The largest absolute Gasteiger partial charge is 0.492 e. The molecule has 0 saturated carbocycles. The zero-order chi connectivity index (χ0) is 16.8. The molecule has 2 aromatic carbocycles. The molecule has 2 aromatic rings. The lowest BCUT2D eigenvalue weighted by Crippen LogP contribution is -2.26. The molecule has 4 nitrogen and oxygen atoms in total. The standard InChI is InChI=1S/C17H18F2N2O2/c1-11(13-7-14(18)10-15(19)8-13)21-17(22)12-3-2-4-16(9-12)23-6-5-20/h2-4,7-11H,5-6,20H2,1H3,(H,21,22). The number of amides is 1. The smallest absolute Gasteiger partial charge is 0.251 e. The van der Waals surface area contributed by atoms with E-state index in [-0.39, 0.29) is 5.91 Å². The second-order valence-corrected chi connectivity index (χ2v) is 5.06. The minimum atomic E-state index is -0.682. The van der Waals surface area contributed by atoms with Crippen molar-refractivity contribution in [3.05, 3.63) is 65.2 Å². The molecule has 0 spiro atoms. The van der Waals surface area contributed by atoms with Gasteiger partial charge in [-0.15, -0.1) is 0 Å². The van der Waals surface area contributed by atoms with E-state index in [0.717, 1.165) is 6.07 Å². The Morgan fingerprint density at radius 1 is 1.22 bits per heavy atom. The maximum absolute atomic E-state index is 13.2. The Morgan fingerprint density at radius 2 is 1.91 bits per heavy atom. The van der Waals surface area contributed by atoms with E-state index >= 15 is 0 Å². The fourth-order valence-electron chi connectivity index (χ4n) is 2.09. The van der Waals surface area contributed by atoms with Crippen molar-refractivity contribution < 1.29 is 18.3 Å². The van der Waals surface area contributed by atoms with E-state index in [1.807, 2.05) is 0 Å². The molecule has 1 atom stereocenters. The first kappa shape index (κ1) is 16.9. The molecular formula is C17H18F2N2O2. The van der Waals surface area contributed by atoms with Gasteiger partial charge in [0, 0.05) is 18.2 Å². The van der Waals surface area contributed by atoms with Crippen molar-refractivity contribution in [3.63, 3.8) is 0 Å². The summed E-state index contributed by atoms with van der Waals surface area (Å²) in [6.07, 6.45) is 0. The molecule has 122 valence electrons. The Kier molecular flexibility index (Phi) is 5.65. The lowest BCUT2D eigenvalue weighted by molar-refractivity contribution is 0.0939. The number of rotatable bonds is 6. The molecule has 0 saturated heterocycles. The summed E-state index contributed by atoms with van der Waals surface area (Å²) in [5, 5.41) is 2.70. The van der Waals surface area contributed by atoms with Crippen LogP contribution in [-0.2, 0) is 0 Å². The molecule has 0 aliphatic heterocycles. The van der Waals surface area contributed by atoms with Crippen LogP contribution in [0.25, 0.3) is 0 Å². The SMILES string of the molecule is CC(NC(=O)c1cccc(OCCN)c1)c1cc(F)cc(F)c1. The van der Waals surface area contributed by atoms with Crippen LogP contribution in [0.3, 0.4) is 0 Å². The maximum atomic E-state index is 13.2. The van der Waals surface area contributed by atoms with Gasteiger partial charge >= 0.3 is 0 Å². The third-order valence-corrected chi connectivity index (χ3v) is 3.22. The minimum absolute atomic E-state index is 0.351. The fraction of sp³-hybridized carbons (Fsp3) is 0.235. The quantitative estimate of drug-likeness (QED) is 0.860. The highest BCUT2D eigenvalue weighted by molar-refractivity contribution is 5.94. The van der Waals surface area contributed by atoms with Crippen LogP contribution in [0.4, 0.5) is 8.78 Å². The normalized spacial score (nSPS) is 11.8. The molecular weight excluding hydrogens is 302 g/mol. The van der Waals surface area contributed by atoms with Crippen molar-refractivity contribution in [2.45, 2.75) is 13.0 Å². The van der Waals surface area contributed by atoms with E-state index in [4.69, 9.17) is 10.5 Å². The van der Waals surface area contributed by atoms with Crippen LogP contribution < -0.4 is 15.8 Å². The van der Waals surface area contributed by atoms with Crippen molar-refractivity contribution in [1.29, 1.82) is 0 Å². The van der Waals surface area contributed by atoms with Gasteiger partial charge in [0.05, 0.1) is 6.04 Å². The van der Waals surface area contributed by atoms with Gasteiger partial charge in [0.25, 0.3) is 5.91 Å². The van der Waals surface area contributed by atoms with Crippen LogP contribution in [-0.4, -0.2) is 19.1 Å². The van der Waals surface area contributed by atoms with Gasteiger partial charge in [0.1, 0.15) is 24.0 Å². The highest BCUT2D eigenvalue weighted by atomic mass is 19.1. The summed E-state index contributed by atoms with van der Waals surface area (Å²) in [5.41, 5.74) is 6.11. The zero-order valence-corrected chi connectivity index (χ0v) is 12.7. The maximum Gasteiger partial charge on any atom is 0.251 e.